The molecule has 0 amide bonds. The average molecular weight is 291 g/mol. The fraction of sp³-hybridized carbons (Fsp3) is 0.588. The number of carbonyl (C=O) groups is 1. The zero-order valence-corrected chi connectivity index (χ0v) is 13.1. The molecule has 2 atom stereocenters. The van der Waals surface area contributed by atoms with E-state index in [0.717, 1.165) is 24.3 Å². The third-order valence-corrected chi connectivity index (χ3v) is 4.73. The minimum Gasteiger partial charge on any atom is -0.494 e. The summed E-state index contributed by atoms with van der Waals surface area (Å²) in [7, 11) is 0. The van der Waals surface area contributed by atoms with E-state index in [4.69, 9.17) is 4.74 Å². The standard InChI is InChI=1S/C17H25NO3/c1-4-17(16(19)20)10-11-18(12-17)13(3)14-8-6-7-9-15(14)21-5-2/h6-9,13H,4-5,10-12H2,1-3H3,(H,19,20). The van der Waals surface area contributed by atoms with Gasteiger partial charge in [0, 0.05) is 18.2 Å². The van der Waals surface area contributed by atoms with Crippen LogP contribution in [0.5, 0.6) is 5.75 Å². The lowest BCUT2D eigenvalue weighted by molar-refractivity contribution is -0.148. The molecule has 1 saturated heterocycles. The van der Waals surface area contributed by atoms with Crippen LogP contribution in [0.1, 0.15) is 45.2 Å². The highest BCUT2D eigenvalue weighted by Crippen LogP contribution is 2.39. The number of para-hydroxylation sites is 1. The van der Waals surface area contributed by atoms with Gasteiger partial charge in [0.05, 0.1) is 12.0 Å². The van der Waals surface area contributed by atoms with E-state index < -0.39 is 11.4 Å². The first-order valence-corrected chi connectivity index (χ1v) is 7.73. The number of likely N-dealkylation sites (tertiary alicyclic amines) is 1. The largest absolute Gasteiger partial charge is 0.494 e. The van der Waals surface area contributed by atoms with Crippen LogP contribution in [-0.2, 0) is 4.79 Å². The van der Waals surface area contributed by atoms with Crippen LogP contribution < -0.4 is 4.74 Å². The van der Waals surface area contributed by atoms with Crippen LogP contribution in [0.2, 0.25) is 0 Å². The van der Waals surface area contributed by atoms with Crippen molar-refractivity contribution in [1.82, 2.24) is 4.90 Å². The Morgan fingerprint density at radius 2 is 2.14 bits per heavy atom. The fourth-order valence-electron chi connectivity index (χ4n) is 3.16. The molecule has 116 valence electrons. The minimum atomic E-state index is -0.669. The molecule has 4 heteroatoms. The Morgan fingerprint density at radius 3 is 2.71 bits per heavy atom. The number of benzene rings is 1. The number of hydrogen-bond acceptors (Lipinski definition) is 3. The van der Waals surface area contributed by atoms with Crippen LogP contribution in [0.3, 0.4) is 0 Å². The smallest absolute Gasteiger partial charge is 0.310 e. The summed E-state index contributed by atoms with van der Waals surface area (Å²) in [5.41, 5.74) is 0.547. The van der Waals surface area contributed by atoms with Crippen LogP contribution in [-0.4, -0.2) is 35.7 Å². The van der Waals surface area contributed by atoms with Crippen LogP contribution in [0.15, 0.2) is 24.3 Å². The normalized spacial score (nSPS) is 24.0. The Bertz CT molecular complexity index is 503. The van der Waals surface area contributed by atoms with E-state index in [-0.39, 0.29) is 6.04 Å². The minimum absolute atomic E-state index is 0.167. The van der Waals surface area contributed by atoms with Gasteiger partial charge in [-0.15, -0.1) is 0 Å². The second-order valence-corrected chi connectivity index (χ2v) is 5.81. The molecule has 4 nitrogen and oxygen atoms in total. The van der Waals surface area contributed by atoms with E-state index >= 15 is 0 Å². The molecule has 0 aromatic heterocycles. The van der Waals surface area contributed by atoms with E-state index in [1.165, 1.54) is 0 Å². The first-order valence-electron chi connectivity index (χ1n) is 7.73. The maximum atomic E-state index is 11.6. The molecule has 0 saturated carbocycles. The number of carboxylic acid groups (broad SMARTS) is 1. The van der Waals surface area contributed by atoms with Gasteiger partial charge in [-0.2, -0.15) is 0 Å². The van der Waals surface area contributed by atoms with Crippen molar-refractivity contribution in [2.45, 2.75) is 39.7 Å². The summed E-state index contributed by atoms with van der Waals surface area (Å²) in [5.74, 6) is 0.231. The highest BCUT2D eigenvalue weighted by Gasteiger charge is 2.44. The summed E-state index contributed by atoms with van der Waals surface area (Å²) in [4.78, 5) is 13.8. The molecule has 2 rings (SSSR count). The van der Waals surface area contributed by atoms with Crippen molar-refractivity contribution in [2.75, 3.05) is 19.7 Å². The summed E-state index contributed by atoms with van der Waals surface area (Å²) >= 11 is 0. The third kappa shape index (κ3) is 3.05. The molecule has 0 bridgehead atoms. The summed E-state index contributed by atoms with van der Waals surface area (Å²) < 4.78 is 5.70. The van der Waals surface area contributed by atoms with E-state index in [0.29, 0.717) is 19.6 Å². The molecule has 1 aliphatic rings. The van der Waals surface area contributed by atoms with Gasteiger partial charge in [-0.3, -0.25) is 9.69 Å². The lowest BCUT2D eigenvalue weighted by Crippen LogP contribution is -2.35. The van der Waals surface area contributed by atoms with Crippen molar-refractivity contribution in [3.8, 4) is 5.75 Å². The van der Waals surface area contributed by atoms with E-state index in [1.807, 2.05) is 32.0 Å². The number of nitrogens with zero attached hydrogens (tertiary/aromatic N) is 1. The molecule has 1 N–H and O–H groups in total. The molecule has 2 unspecified atom stereocenters. The number of ether oxygens (including phenoxy) is 1. The quantitative estimate of drug-likeness (QED) is 0.873. The zero-order valence-electron chi connectivity index (χ0n) is 13.1. The summed E-state index contributed by atoms with van der Waals surface area (Å²) in [6.07, 6.45) is 1.40. The van der Waals surface area contributed by atoms with Gasteiger partial charge in [-0.05, 0) is 39.3 Å². The van der Waals surface area contributed by atoms with E-state index in [9.17, 15) is 9.90 Å². The molecule has 21 heavy (non-hydrogen) atoms. The van der Waals surface area contributed by atoms with Crippen molar-refractivity contribution >= 4 is 5.97 Å². The molecule has 1 heterocycles. The Labute approximate surface area is 126 Å². The molecule has 1 fully saturated rings. The summed E-state index contributed by atoms with van der Waals surface area (Å²) in [5, 5.41) is 9.52. The van der Waals surface area contributed by atoms with Crippen LogP contribution in [0, 0.1) is 5.41 Å². The van der Waals surface area contributed by atoms with Crippen LogP contribution in [0.4, 0.5) is 0 Å². The first-order chi connectivity index (χ1) is 10.0. The highest BCUT2D eigenvalue weighted by atomic mass is 16.5. The van der Waals surface area contributed by atoms with Crippen molar-refractivity contribution in [3.63, 3.8) is 0 Å². The monoisotopic (exact) mass is 291 g/mol. The maximum absolute atomic E-state index is 11.6. The maximum Gasteiger partial charge on any atom is 0.310 e. The number of rotatable bonds is 6. The van der Waals surface area contributed by atoms with Gasteiger partial charge in [0.1, 0.15) is 5.75 Å². The van der Waals surface area contributed by atoms with E-state index in [1.54, 1.807) is 0 Å². The predicted molar refractivity (Wildman–Crippen MR) is 82.6 cm³/mol. The Hall–Kier alpha value is -1.55. The van der Waals surface area contributed by atoms with Crippen molar-refractivity contribution in [3.05, 3.63) is 29.8 Å². The van der Waals surface area contributed by atoms with Gasteiger partial charge in [-0.1, -0.05) is 25.1 Å². The fourth-order valence-corrected chi connectivity index (χ4v) is 3.16. The lowest BCUT2D eigenvalue weighted by atomic mass is 9.84. The molecule has 0 aliphatic carbocycles. The topological polar surface area (TPSA) is 49.8 Å². The molecule has 1 aromatic carbocycles. The van der Waals surface area contributed by atoms with Gasteiger partial charge in [-0.25, -0.2) is 0 Å². The Balaban J connectivity index is 2.18. The van der Waals surface area contributed by atoms with Crippen molar-refractivity contribution in [2.24, 2.45) is 5.41 Å². The molecular formula is C17H25NO3. The number of carboxylic acids is 1. The first kappa shape index (κ1) is 15.8. The van der Waals surface area contributed by atoms with Crippen molar-refractivity contribution in [1.29, 1.82) is 0 Å². The predicted octanol–water partition coefficient (Wildman–Crippen LogP) is 3.33. The Morgan fingerprint density at radius 1 is 1.43 bits per heavy atom. The number of aliphatic carboxylic acids is 1. The summed E-state index contributed by atoms with van der Waals surface area (Å²) in [6, 6.07) is 8.20. The SMILES string of the molecule is CCOc1ccccc1C(C)N1CCC(CC)(C(=O)O)C1. The van der Waals surface area contributed by atoms with Gasteiger partial charge in [0.2, 0.25) is 0 Å². The van der Waals surface area contributed by atoms with Crippen LogP contribution in [0.25, 0.3) is 0 Å². The number of hydrogen-bond donors (Lipinski definition) is 1. The molecular weight excluding hydrogens is 266 g/mol. The molecule has 0 radical (unpaired) electrons. The molecule has 1 aromatic rings. The second-order valence-electron chi connectivity index (χ2n) is 5.81. The second kappa shape index (κ2) is 6.48. The van der Waals surface area contributed by atoms with Gasteiger partial charge >= 0.3 is 5.97 Å². The van der Waals surface area contributed by atoms with Gasteiger partial charge < -0.3 is 9.84 Å². The zero-order chi connectivity index (χ0) is 15.5. The van der Waals surface area contributed by atoms with E-state index in [2.05, 4.69) is 17.9 Å². The van der Waals surface area contributed by atoms with Gasteiger partial charge in [0.15, 0.2) is 0 Å². The third-order valence-electron chi connectivity index (χ3n) is 4.73. The molecule has 0 spiro atoms. The highest BCUT2D eigenvalue weighted by molar-refractivity contribution is 5.75. The van der Waals surface area contributed by atoms with Crippen molar-refractivity contribution < 1.29 is 14.6 Å². The van der Waals surface area contributed by atoms with Crippen LogP contribution >= 0.6 is 0 Å². The average Bonchev–Trinajstić information content (AvgIpc) is 2.93. The lowest BCUT2D eigenvalue weighted by Gasteiger charge is -2.28. The Kier molecular flexibility index (Phi) is 4.88. The molecule has 1 aliphatic heterocycles. The summed E-state index contributed by atoms with van der Waals surface area (Å²) in [6.45, 7) is 8.14. The van der Waals surface area contributed by atoms with Gasteiger partial charge in [0.25, 0.3) is 0 Å².